The number of imidazole rings is 1. The van der Waals surface area contributed by atoms with E-state index in [1.54, 1.807) is 47.5 Å². The van der Waals surface area contributed by atoms with Crippen LogP contribution in [0.4, 0.5) is 26.7 Å². The molecule has 1 fully saturated rings. The summed E-state index contributed by atoms with van der Waals surface area (Å²) in [7, 11) is 1.27. The molecule has 2 atom stereocenters. The van der Waals surface area contributed by atoms with Gasteiger partial charge in [-0.25, -0.2) is 14.6 Å². The second kappa shape index (κ2) is 11.6. The van der Waals surface area contributed by atoms with Crippen molar-refractivity contribution in [1.29, 1.82) is 0 Å². The molecule has 1 saturated heterocycles. The molecule has 0 unspecified atom stereocenters. The Morgan fingerprint density at radius 3 is 2.81 bits per heavy atom. The number of ether oxygens (including phenoxy) is 2. The molecule has 12 nitrogen and oxygen atoms in total. The van der Waals surface area contributed by atoms with Gasteiger partial charge in [0.15, 0.2) is 5.60 Å². The van der Waals surface area contributed by atoms with Crippen molar-refractivity contribution in [2.45, 2.75) is 50.0 Å². The van der Waals surface area contributed by atoms with Crippen LogP contribution in [0, 0.1) is 0 Å². The number of aromatic nitrogens is 2. The number of carbonyl (C=O) groups is 4. The highest BCUT2D eigenvalue weighted by molar-refractivity contribution is 6.30. The summed E-state index contributed by atoms with van der Waals surface area (Å²) in [5.41, 5.74) is 2.46. The van der Waals surface area contributed by atoms with Crippen LogP contribution in [0.15, 0.2) is 42.6 Å². The van der Waals surface area contributed by atoms with Crippen molar-refractivity contribution in [3.8, 4) is 11.3 Å². The average Bonchev–Trinajstić information content (AvgIpc) is 3.47. The van der Waals surface area contributed by atoms with Gasteiger partial charge in [-0.15, -0.1) is 0 Å². The lowest BCUT2D eigenvalue weighted by Gasteiger charge is -2.45. The third-order valence-electron chi connectivity index (χ3n) is 8.14. The van der Waals surface area contributed by atoms with Crippen LogP contribution < -0.4 is 16.0 Å². The molecule has 2 bridgehead atoms. The van der Waals surface area contributed by atoms with Crippen LogP contribution >= 0.6 is 11.6 Å². The van der Waals surface area contributed by atoms with E-state index in [2.05, 4.69) is 25.7 Å². The number of nitrogens with zero attached hydrogens (tertiary/aromatic N) is 2. The van der Waals surface area contributed by atoms with Gasteiger partial charge in [-0.2, -0.15) is 0 Å². The van der Waals surface area contributed by atoms with Gasteiger partial charge in [-0.3, -0.25) is 20.2 Å². The molecule has 4 heterocycles. The second-order valence-corrected chi connectivity index (χ2v) is 11.4. The van der Waals surface area contributed by atoms with Crippen molar-refractivity contribution < 1.29 is 28.7 Å². The van der Waals surface area contributed by atoms with Crippen LogP contribution in [0.5, 0.6) is 0 Å². The Morgan fingerprint density at radius 1 is 1.12 bits per heavy atom. The summed E-state index contributed by atoms with van der Waals surface area (Å²) >= 11 is 6.32. The van der Waals surface area contributed by atoms with Gasteiger partial charge in [0.05, 0.1) is 36.6 Å². The van der Waals surface area contributed by atoms with E-state index in [0.717, 1.165) is 5.56 Å². The number of amides is 4. The number of methoxy groups -OCH3 is 1. The van der Waals surface area contributed by atoms with E-state index < -0.39 is 23.7 Å². The molecular weight excluding hydrogens is 576 g/mol. The summed E-state index contributed by atoms with van der Waals surface area (Å²) in [6.07, 6.45) is 3.65. The Hall–Kier alpha value is -4.58. The standard InChI is InChI=1S/C30H31ClN6O6/c1-42-28(40)33-18-8-9-19-23(14-18)34-25(38)6-3-2-5-20(26-32-15-24(19)35-26)27(39)37-12-4-11-30(16-37)21-13-17(31)7-10-22(21)36-29(41)43-30/h7-10,13-15,20H,2-6,11-12,16H2,1H3,(H,32,35)(H,33,40)(H,34,38)(H,36,41)/t20-,30-/m0/s1. The van der Waals surface area contributed by atoms with Gasteiger partial charge < -0.3 is 24.7 Å². The maximum atomic E-state index is 14.2. The summed E-state index contributed by atoms with van der Waals surface area (Å²) in [4.78, 5) is 61.0. The zero-order valence-electron chi connectivity index (χ0n) is 23.5. The molecule has 6 rings (SSSR count). The molecule has 2 aromatic carbocycles. The summed E-state index contributed by atoms with van der Waals surface area (Å²) in [5.74, 6) is -0.387. The first-order chi connectivity index (χ1) is 20.7. The number of benzene rings is 2. The van der Waals surface area contributed by atoms with Crippen molar-refractivity contribution in [2.75, 3.05) is 36.1 Å². The zero-order chi connectivity index (χ0) is 30.1. The molecule has 3 aliphatic rings. The number of halogens is 1. The third-order valence-corrected chi connectivity index (χ3v) is 8.37. The van der Waals surface area contributed by atoms with E-state index in [4.69, 9.17) is 21.3 Å². The highest BCUT2D eigenvalue weighted by atomic mass is 35.5. The molecule has 3 aliphatic heterocycles. The summed E-state index contributed by atoms with van der Waals surface area (Å²) in [6, 6.07) is 10.3. The van der Waals surface area contributed by atoms with E-state index in [9.17, 15) is 19.2 Å². The first-order valence-corrected chi connectivity index (χ1v) is 14.6. The minimum Gasteiger partial charge on any atom is -0.453 e. The Bertz CT molecular complexity index is 1610. The number of anilines is 3. The highest BCUT2D eigenvalue weighted by Gasteiger charge is 2.47. The van der Waals surface area contributed by atoms with Crippen LogP contribution in [0.2, 0.25) is 5.02 Å². The number of piperidine rings is 1. The Morgan fingerprint density at radius 2 is 1.98 bits per heavy atom. The Labute approximate surface area is 252 Å². The van der Waals surface area contributed by atoms with Gasteiger partial charge in [0.1, 0.15) is 5.82 Å². The number of H-pyrrole nitrogens is 1. The van der Waals surface area contributed by atoms with Crippen LogP contribution in [0.25, 0.3) is 11.3 Å². The van der Waals surface area contributed by atoms with E-state index in [1.807, 2.05) is 0 Å². The molecule has 0 saturated carbocycles. The molecule has 43 heavy (non-hydrogen) atoms. The fourth-order valence-electron chi connectivity index (χ4n) is 6.10. The van der Waals surface area contributed by atoms with Gasteiger partial charge in [0, 0.05) is 41.0 Å². The highest BCUT2D eigenvalue weighted by Crippen LogP contribution is 2.44. The number of hydrogen-bond acceptors (Lipinski definition) is 7. The normalized spacial score (nSPS) is 21.6. The fourth-order valence-corrected chi connectivity index (χ4v) is 6.27. The van der Waals surface area contributed by atoms with Gasteiger partial charge in [0.2, 0.25) is 11.8 Å². The van der Waals surface area contributed by atoms with Crippen molar-refractivity contribution in [1.82, 2.24) is 14.9 Å². The lowest BCUT2D eigenvalue weighted by molar-refractivity contribution is -0.141. The third kappa shape index (κ3) is 5.74. The maximum absolute atomic E-state index is 14.2. The van der Waals surface area contributed by atoms with E-state index in [1.165, 1.54) is 7.11 Å². The largest absolute Gasteiger partial charge is 0.453 e. The molecule has 4 amide bonds. The predicted octanol–water partition coefficient (Wildman–Crippen LogP) is 5.58. The van der Waals surface area contributed by atoms with E-state index in [-0.39, 0.29) is 24.8 Å². The molecule has 1 spiro atoms. The van der Waals surface area contributed by atoms with Crippen molar-refractivity contribution in [3.05, 3.63) is 59.0 Å². The molecule has 1 aromatic heterocycles. The fraction of sp³-hybridized carbons (Fsp3) is 0.367. The van der Waals surface area contributed by atoms with Crippen LogP contribution in [0.1, 0.15) is 55.8 Å². The summed E-state index contributed by atoms with van der Waals surface area (Å²) < 4.78 is 10.6. The number of nitrogens with one attached hydrogen (secondary N) is 4. The quantitative estimate of drug-likeness (QED) is 0.297. The van der Waals surface area contributed by atoms with Crippen molar-refractivity contribution >= 4 is 52.7 Å². The van der Waals surface area contributed by atoms with E-state index >= 15 is 0 Å². The number of rotatable bonds is 2. The number of fused-ring (bicyclic) bond motifs is 6. The molecular formula is C30H31ClN6O6. The van der Waals surface area contributed by atoms with Crippen molar-refractivity contribution in [3.63, 3.8) is 0 Å². The number of aromatic amines is 1. The Balaban J connectivity index is 1.31. The zero-order valence-corrected chi connectivity index (χ0v) is 24.3. The van der Waals surface area contributed by atoms with Crippen LogP contribution in [0.3, 0.4) is 0 Å². The first-order valence-electron chi connectivity index (χ1n) is 14.2. The van der Waals surface area contributed by atoms with Crippen molar-refractivity contribution in [2.24, 2.45) is 0 Å². The average molecular weight is 607 g/mol. The molecule has 0 radical (unpaired) electrons. The summed E-state index contributed by atoms with van der Waals surface area (Å²) in [6.45, 7) is 0.699. The summed E-state index contributed by atoms with van der Waals surface area (Å²) in [5, 5.41) is 8.78. The smallest absolute Gasteiger partial charge is 0.412 e. The van der Waals surface area contributed by atoms with Gasteiger partial charge in [0.25, 0.3) is 0 Å². The number of likely N-dealkylation sites (tertiary alicyclic amines) is 1. The topological polar surface area (TPSA) is 155 Å². The second-order valence-electron chi connectivity index (χ2n) is 11.0. The Kier molecular flexibility index (Phi) is 7.70. The van der Waals surface area contributed by atoms with E-state index in [0.29, 0.717) is 77.8 Å². The monoisotopic (exact) mass is 606 g/mol. The minimum atomic E-state index is -1.01. The van der Waals surface area contributed by atoms with Gasteiger partial charge >= 0.3 is 12.2 Å². The lowest BCUT2D eigenvalue weighted by Crippen LogP contribution is -2.54. The van der Waals surface area contributed by atoms with Crippen LogP contribution in [-0.4, -0.2) is 59.1 Å². The predicted molar refractivity (Wildman–Crippen MR) is 159 cm³/mol. The molecule has 224 valence electrons. The lowest BCUT2D eigenvalue weighted by atomic mass is 9.83. The van der Waals surface area contributed by atoms with Crippen LogP contribution in [-0.2, 0) is 24.7 Å². The minimum absolute atomic E-state index is 0.127. The number of hydrogen-bond donors (Lipinski definition) is 4. The molecule has 13 heteroatoms. The first kappa shape index (κ1) is 28.5. The number of carbonyl (C=O) groups excluding carboxylic acids is 4. The maximum Gasteiger partial charge on any atom is 0.412 e. The van der Waals surface area contributed by atoms with Gasteiger partial charge in [-0.05, 0) is 62.1 Å². The molecule has 4 N–H and O–H groups in total. The molecule has 0 aliphatic carbocycles. The van der Waals surface area contributed by atoms with Gasteiger partial charge in [-0.1, -0.05) is 18.0 Å². The molecule has 3 aromatic rings. The SMILES string of the molecule is COC(=O)Nc1ccc2c(c1)NC(=O)CCCC[C@H](C(=O)N1CCC[C@@]3(C1)OC(=O)Nc1ccc(Cl)cc13)c1nc-2c[nH]1.